The van der Waals surface area contributed by atoms with Crippen LogP contribution in [-0.4, -0.2) is 34.9 Å². The van der Waals surface area contributed by atoms with Gasteiger partial charge < -0.3 is 26.4 Å². The molecular weight excluding hydrogens is 468 g/mol. The molecule has 35 heavy (non-hydrogen) atoms. The van der Waals surface area contributed by atoms with Gasteiger partial charge in [-0.1, -0.05) is 36.7 Å². The number of nitrogen functional groups attached to an aromatic ring is 2. The second-order valence-corrected chi connectivity index (χ2v) is 8.84. The van der Waals surface area contributed by atoms with E-state index in [2.05, 4.69) is 15.3 Å². The Balaban J connectivity index is 1.83. The summed E-state index contributed by atoms with van der Waals surface area (Å²) >= 11 is 6.06. The van der Waals surface area contributed by atoms with Gasteiger partial charge in [0, 0.05) is 36.2 Å². The highest BCUT2D eigenvalue weighted by molar-refractivity contribution is 6.30. The summed E-state index contributed by atoms with van der Waals surface area (Å²) in [5.74, 6) is 0.427. The molecule has 0 fully saturated rings. The van der Waals surface area contributed by atoms with Gasteiger partial charge in [0.2, 0.25) is 17.5 Å². The Morgan fingerprint density at radius 3 is 2.54 bits per heavy atom. The molecule has 182 valence electrons. The molecule has 0 spiro atoms. The Kier molecular flexibility index (Phi) is 6.53. The lowest BCUT2D eigenvalue weighted by Crippen LogP contribution is -2.53. The fraction of sp³-hybridized carbons (Fsp3) is 0.280. The first-order chi connectivity index (χ1) is 16.6. The predicted octanol–water partition coefficient (Wildman–Crippen LogP) is 3.30. The summed E-state index contributed by atoms with van der Waals surface area (Å²) in [6, 6.07) is 12.5. The molecule has 0 saturated heterocycles. The maximum absolute atomic E-state index is 13.8. The van der Waals surface area contributed by atoms with Crippen LogP contribution in [0.15, 0.2) is 42.5 Å². The van der Waals surface area contributed by atoms with Crippen LogP contribution in [0.5, 0.6) is 5.75 Å². The number of hydrogen-bond acceptors (Lipinski definition) is 7. The average Bonchev–Trinajstić information content (AvgIpc) is 2.81. The molecule has 1 atom stereocenters. The number of aromatic nitrogens is 2. The summed E-state index contributed by atoms with van der Waals surface area (Å²) in [5.41, 5.74) is 14.0. The Morgan fingerprint density at radius 1 is 1.17 bits per heavy atom. The summed E-state index contributed by atoms with van der Waals surface area (Å²) in [4.78, 5) is 35.4. The van der Waals surface area contributed by atoms with Crippen molar-refractivity contribution in [3.8, 4) is 16.9 Å². The molecule has 5 N–H and O–H groups in total. The van der Waals surface area contributed by atoms with E-state index in [1.54, 1.807) is 42.2 Å². The molecular formula is C25H27ClN6O3. The normalized spacial score (nSPS) is 17.0. The minimum Gasteiger partial charge on any atom is -0.471 e. The van der Waals surface area contributed by atoms with Gasteiger partial charge in [0.1, 0.15) is 11.6 Å². The van der Waals surface area contributed by atoms with E-state index in [0.29, 0.717) is 39.7 Å². The molecule has 1 aliphatic rings. The quantitative estimate of drug-likeness (QED) is 0.478. The van der Waals surface area contributed by atoms with Crippen molar-refractivity contribution in [2.45, 2.75) is 32.8 Å². The van der Waals surface area contributed by atoms with E-state index in [0.717, 1.165) is 5.56 Å². The molecule has 10 heteroatoms. The number of amides is 2. The zero-order valence-electron chi connectivity index (χ0n) is 19.8. The highest BCUT2D eigenvalue weighted by Crippen LogP contribution is 2.44. The molecule has 2 heterocycles. The van der Waals surface area contributed by atoms with Crippen LogP contribution in [0.2, 0.25) is 5.02 Å². The van der Waals surface area contributed by atoms with Crippen LogP contribution in [-0.2, 0) is 21.6 Å². The Morgan fingerprint density at radius 2 is 1.89 bits per heavy atom. The van der Waals surface area contributed by atoms with Crippen molar-refractivity contribution in [2.24, 2.45) is 0 Å². The van der Waals surface area contributed by atoms with Crippen LogP contribution in [0.1, 0.15) is 32.0 Å². The number of hydrogen-bond donors (Lipinski definition) is 3. The van der Waals surface area contributed by atoms with Gasteiger partial charge in [-0.05, 0) is 43.2 Å². The van der Waals surface area contributed by atoms with Crippen LogP contribution in [0.4, 0.5) is 17.5 Å². The number of fused-ring (bicyclic) bond motifs is 1. The topological polar surface area (TPSA) is 136 Å². The van der Waals surface area contributed by atoms with Crippen molar-refractivity contribution in [3.63, 3.8) is 0 Å². The number of halogens is 1. The summed E-state index contributed by atoms with van der Waals surface area (Å²) < 4.78 is 6.31. The number of carbonyl (C=O) groups is 2. The molecule has 4 rings (SSSR count). The molecule has 0 saturated carbocycles. The second-order valence-electron chi connectivity index (χ2n) is 8.41. The molecule has 1 aromatic heterocycles. The lowest BCUT2D eigenvalue weighted by atomic mass is 9.91. The standard InChI is InChI=1S/C25H27ClN6O3/c1-4-18-21(22(27)31-24(28)30-18)15-5-10-20-19(13-15)32(12-11-29-14(2)33)23(34)25(3,35-20)16-6-8-17(26)9-7-16/h5-10,13H,4,11-12H2,1-3H3,(H,29,33)(H4,27,28,30,31). The molecule has 0 aliphatic carbocycles. The van der Waals surface area contributed by atoms with E-state index < -0.39 is 5.60 Å². The molecule has 1 unspecified atom stereocenters. The van der Waals surface area contributed by atoms with E-state index >= 15 is 0 Å². The van der Waals surface area contributed by atoms with Crippen molar-refractivity contribution in [1.82, 2.24) is 15.3 Å². The van der Waals surface area contributed by atoms with E-state index in [1.807, 2.05) is 19.1 Å². The summed E-state index contributed by atoms with van der Waals surface area (Å²) in [5, 5.41) is 3.31. The number of nitrogens with two attached hydrogens (primary N) is 2. The summed E-state index contributed by atoms with van der Waals surface area (Å²) in [7, 11) is 0. The van der Waals surface area contributed by atoms with Gasteiger partial charge in [0.25, 0.3) is 5.91 Å². The van der Waals surface area contributed by atoms with Gasteiger partial charge in [-0.3, -0.25) is 9.59 Å². The monoisotopic (exact) mass is 494 g/mol. The number of anilines is 3. The second kappa shape index (κ2) is 9.42. The molecule has 0 bridgehead atoms. The van der Waals surface area contributed by atoms with Crippen molar-refractivity contribution in [1.29, 1.82) is 0 Å². The van der Waals surface area contributed by atoms with Gasteiger partial charge >= 0.3 is 0 Å². The number of carbonyl (C=O) groups excluding carboxylic acids is 2. The Hall–Kier alpha value is -3.85. The van der Waals surface area contributed by atoms with Gasteiger partial charge in [-0.25, -0.2) is 4.98 Å². The first-order valence-corrected chi connectivity index (χ1v) is 11.6. The fourth-order valence-corrected chi connectivity index (χ4v) is 4.36. The predicted molar refractivity (Wildman–Crippen MR) is 136 cm³/mol. The average molecular weight is 495 g/mol. The van der Waals surface area contributed by atoms with Gasteiger partial charge in [0.05, 0.1) is 11.4 Å². The summed E-state index contributed by atoms with van der Waals surface area (Å²) in [6.45, 7) is 5.63. The summed E-state index contributed by atoms with van der Waals surface area (Å²) in [6.07, 6.45) is 0.597. The first-order valence-electron chi connectivity index (χ1n) is 11.2. The lowest BCUT2D eigenvalue weighted by Gasteiger charge is -2.41. The van der Waals surface area contributed by atoms with Crippen LogP contribution in [0.25, 0.3) is 11.1 Å². The zero-order chi connectivity index (χ0) is 25.3. The number of aryl methyl sites for hydroxylation is 1. The van der Waals surface area contributed by atoms with Gasteiger partial charge in [0.15, 0.2) is 0 Å². The largest absolute Gasteiger partial charge is 0.471 e. The van der Waals surface area contributed by atoms with Crippen molar-refractivity contribution in [2.75, 3.05) is 29.5 Å². The Labute approximate surface area is 208 Å². The zero-order valence-corrected chi connectivity index (χ0v) is 20.5. The third-order valence-electron chi connectivity index (χ3n) is 5.97. The van der Waals surface area contributed by atoms with Gasteiger partial charge in [-0.2, -0.15) is 4.98 Å². The van der Waals surface area contributed by atoms with E-state index in [-0.39, 0.29) is 36.7 Å². The minimum atomic E-state index is -1.28. The third-order valence-corrected chi connectivity index (χ3v) is 6.23. The number of nitrogens with one attached hydrogen (secondary N) is 1. The Bertz CT molecular complexity index is 1300. The smallest absolute Gasteiger partial charge is 0.275 e. The molecule has 1 aliphatic heterocycles. The van der Waals surface area contributed by atoms with E-state index in [4.69, 9.17) is 27.8 Å². The number of ether oxygens (including phenoxy) is 1. The fourth-order valence-electron chi connectivity index (χ4n) is 4.23. The van der Waals surface area contributed by atoms with Crippen LogP contribution >= 0.6 is 11.6 Å². The maximum atomic E-state index is 13.8. The third kappa shape index (κ3) is 4.59. The number of benzene rings is 2. The minimum absolute atomic E-state index is 0.107. The van der Waals surface area contributed by atoms with Crippen molar-refractivity contribution >= 4 is 40.9 Å². The van der Waals surface area contributed by atoms with E-state index in [1.165, 1.54) is 6.92 Å². The number of nitrogens with zero attached hydrogens (tertiary/aromatic N) is 3. The highest BCUT2D eigenvalue weighted by Gasteiger charge is 2.46. The maximum Gasteiger partial charge on any atom is 0.275 e. The molecule has 0 radical (unpaired) electrons. The van der Waals surface area contributed by atoms with Gasteiger partial charge in [-0.15, -0.1) is 0 Å². The van der Waals surface area contributed by atoms with Crippen LogP contribution in [0, 0.1) is 0 Å². The van der Waals surface area contributed by atoms with Crippen LogP contribution in [0.3, 0.4) is 0 Å². The lowest BCUT2D eigenvalue weighted by molar-refractivity contribution is -0.135. The molecule has 3 aromatic rings. The van der Waals surface area contributed by atoms with Crippen LogP contribution < -0.4 is 26.4 Å². The first kappa shape index (κ1) is 24.3. The number of rotatable bonds is 6. The highest BCUT2D eigenvalue weighted by atomic mass is 35.5. The van der Waals surface area contributed by atoms with Crippen molar-refractivity contribution < 1.29 is 14.3 Å². The van der Waals surface area contributed by atoms with E-state index in [9.17, 15) is 9.59 Å². The molecule has 2 aromatic carbocycles. The molecule has 2 amide bonds. The molecule has 9 nitrogen and oxygen atoms in total. The van der Waals surface area contributed by atoms with Crippen molar-refractivity contribution in [3.05, 3.63) is 58.7 Å². The SMILES string of the molecule is CCc1nc(N)nc(N)c1-c1ccc2c(c1)N(CCNC(C)=O)C(=O)C(C)(c1ccc(Cl)cc1)O2.